The number of carbonyl (C=O) groups is 1. The van der Waals surface area contributed by atoms with E-state index >= 15 is 0 Å². The molecule has 0 radical (unpaired) electrons. The Bertz CT molecular complexity index is 1670. The predicted molar refractivity (Wildman–Crippen MR) is 146 cm³/mol. The molecule has 2 aromatic carbocycles. The molecular weight excluding hydrogens is 551 g/mol. The first-order valence-corrected chi connectivity index (χ1v) is 13.6. The summed E-state index contributed by atoms with van der Waals surface area (Å²) in [6, 6.07) is 13.4. The summed E-state index contributed by atoms with van der Waals surface area (Å²) in [5.74, 6) is 0.0888. The summed E-state index contributed by atoms with van der Waals surface area (Å²) in [5.41, 5.74) is 1.57. The van der Waals surface area contributed by atoms with E-state index in [-0.39, 0.29) is 29.8 Å². The lowest BCUT2D eigenvalue weighted by molar-refractivity contribution is -0.274. The molecule has 2 aliphatic rings. The Morgan fingerprint density at radius 3 is 2.52 bits per heavy atom. The highest BCUT2D eigenvalue weighted by atomic mass is 19.4. The molecule has 2 fully saturated rings. The average Bonchev–Trinajstić information content (AvgIpc) is 3.72. The van der Waals surface area contributed by atoms with Crippen LogP contribution in [0.2, 0.25) is 0 Å². The fourth-order valence-corrected chi connectivity index (χ4v) is 5.17. The van der Waals surface area contributed by atoms with Gasteiger partial charge in [0.25, 0.3) is 0 Å². The van der Waals surface area contributed by atoms with Gasteiger partial charge < -0.3 is 18.8 Å². The van der Waals surface area contributed by atoms with Crippen molar-refractivity contribution in [3.63, 3.8) is 0 Å². The molecule has 216 valence electrons. The number of benzene rings is 2. The molecule has 6 rings (SSSR count). The summed E-state index contributed by atoms with van der Waals surface area (Å²) in [6.45, 7) is 1.75. The molecule has 12 heteroatoms. The second-order valence-corrected chi connectivity index (χ2v) is 10.4. The highest BCUT2D eigenvalue weighted by Gasteiger charge is 2.35. The van der Waals surface area contributed by atoms with Gasteiger partial charge >= 0.3 is 18.5 Å². The molecule has 1 N–H and O–H groups in total. The van der Waals surface area contributed by atoms with E-state index in [1.807, 2.05) is 4.57 Å². The lowest BCUT2D eigenvalue weighted by Gasteiger charge is -2.30. The Kier molecular flexibility index (Phi) is 7.10. The van der Waals surface area contributed by atoms with Crippen LogP contribution >= 0.6 is 0 Å². The van der Waals surface area contributed by atoms with E-state index in [0.29, 0.717) is 33.5 Å². The first-order valence-electron chi connectivity index (χ1n) is 13.6. The summed E-state index contributed by atoms with van der Waals surface area (Å²) in [4.78, 5) is 20.6. The van der Waals surface area contributed by atoms with Crippen LogP contribution in [0.1, 0.15) is 50.6 Å². The zero-order valence-corrected chi connectivity index (χ0v) is 22.5. The van der Waals surface area contributed by atoms with Gasteiger partial charge in [0.1, 0.15) is 17.9 Å². The van der Waals surface area contributed by atoms with E-state index in [2.05, 4.69) is 26.1 Å². The maximum absolute atomic E-state index is 13.5. The van der Waals surface area contributed by atoms with Crippen molar-refractivity contribution in [1.29, 1.82) is 5.26 Å². The van der Waals surface area contributed by atoms with Gasteiger partial charge in [-0.15, -0.1) is 13.2 Å². The van der Waals surface area contributed by atoms with E-state index in [0.717, 1.165) is 32.1 Å². The Morgan fingerprint density at radius 2 is 1.88 bits per heavy atom. The highest BCUT2D eigenvalue weighted by Crippen LogP contribution is 2.45. The van der Waals surface area contributed by atoms with Gasteiger partial charge in [-0.1, -0.05) is 6.07 Å². The quantitative estimate of drug-likeness (QED) is 0.228. The van der Waals surface area contributed by atoms with E-state index in [9.17, 15) is 23.2 Å². The van der Waals surface area contributed by atoms with E-state index < -0.39 is 18.2 Å². The third-order valence-corrected chi connectivity index (χ3v) is 7.57. The molecule has 2 aromatic heterocycles. The van der Waals surface area contributed by atoms with Crippen LogP contribution in [0.15, 0.2) is 54.9 Å². The van der Waals surface area contributed by atoms with Gasteiger partial charge in [-0.25, -0.2) is 14.8 Å². The molecule has 4 aromatic rings. The molecule has 2 saturated carbocycles. The van der Waals surface area contributed by atoms with Gasteiger partial charge in [0.2, 0.25) is 0 Å². The van der Waals surface area contributed by atoms with Crippen LogP contribution in [0.3, 0.4) is 0 Å². The van der Waals surface area contributed by atoms with Crippen LogP contribution in [0, 0.1) is 17.2 Å². The fraction of sp³-hybridized carbons (Fsp3) is 0.333. The number of aromatic nitrogens is 3. The van der Waals surface area contributed by atoms with Crippen LogP contribution in [0.25, 0.3) is 22.2 Å². The maximum Gasteiger partial charge on any atom is 0.573 e. The summed E-state index contributed by atoms with van der Waals surface area (Å²) in [6.07, 6.45) is 1.39. The second-order valence-electron chi connectivity index (χ2n) is 10.4. The van der Waals surface area contributed by atoms with Crippen molar-refractivity contribution in [1.82, 2.24) is 14.5 Å². The second kappa shape index (κ2) is 10.9. The fourth-order valence-electron chi connectivity index (χ4n) is 5.17. The Balaban J connectivity index is 1.42. The van der Waals surface area contributed by atoms with Crippen LogP contribution in [0.4, 0.5) is 23.7 Å². The minimum atomic E-state index is -5.02. The van der Waals surface area contributed by atoms with Crippen molar-refractivity contribution in [2.45, 2.75) is 57.5 Å². The average molecular weight is 578 g/mol. The van der Waals surface area contributed by atoms with E-state index in [1.165, 1.54) is 12.1 Å². The Morgan fingerprint density at radius 1 is 1.12 bits per heavy atom. The first-order chi connectivity index (χ1) is 20.2. The third-order valence-electron chi connectivity index (χ3n) is 7.57. The van der Waals surface area contributed by atoms with Gasteiger partial charge in [0, 0.05) is 35.5 Å². The Hall–Kier alpha value is -4.79. The summed E-state index contributed by atoms with van der Waals surface area (Å²) in [5, 5.41) is 13.2. The summed E-state index contributed by atoms with van der Waals surface area (Å²) < 4.78 is 57.9. The van der Waals surface area contributed by atoms with E-state index in [4.69, 9.17) is 9.47 Å². The van der Waals surface area contributed by atoms with Crippen molar-refractivity contribution in [2.24, 2.45) is 5.92 Å². The molecular formula is C30H26F3N5O4. The number of nitriles is 1. The molecule has 0 unspecified atom stereocenters. The SMILES string of the molecule is C[C@@H](OC(=O)Nc1ccc(-c2c(C#N)c3ccc(Oc4ncccn4)cc3n2C2CCC2)cc1OC(F)(F)F)C1CC1. The van der Waals surface area contributed by atoms with Gasteiger partial charge in [-0.2, -0.15) is 5.26 Å². The van der Waals surface area contributed by atoms with Crippen LogP contribution in [-0.2, 0) is 4.74 Å². The summed E-state index contributed by atoms with van der Waals surface area (Å²) >= 11 is 0. The number of alkyl halides is 3. The smallest absolute Gasteiger partial charge is 0.446 e. The van der Waals surface area contributed by atoms with Crippen molar-refractivity contribution < 1.29 is 32.2 Å². The van der Waals surface area contributed by atoms with Crippen molar-refractivity contribution in [2.75, 3.05) is 5.32 Å². The largest absolute Gasteiger partial charge is 0.573 e. The molecule has 0 saturated heterocycles. The lowest BCUT2D eigenvalue weighted by atomic mass is 9.92. The van der Waals surface area contributed by atoms with Gasteiger partial charge in [0.15, 0.2) is 5.75 Å². The normalized spacial score (nSPS) is 15.9. The molecule has 9 nitrogen and oxygen atoms in total. The standard InChI is InChI=1S/C30H26F3N5O4/c1-17(18-6-7-18)40-29(39)37-24-11-8-19(14-26(24)42-30(31,32)33)27-23(16-34)22-10-9-21(41-28-35-12-3-13-36-28)15-25(22)38(27)20-4-2-5-20/h3,8-15,17-18,20H,2,4-7H2,1H3,(H,37,39)/t17-/m1/s1. The van der Waals surface area contributed by atoms with Gasteiger partial charge in [-0.05, 0) is 75.3 Å². The molecule has 1 amide bonds. The number of rotatable bonds is 8. The van der Waals surface area contributed by atoms with Crippen LogP contribution < -0.4 is 14.8 Å². The number of ether oxygens (including phenoxy) is 3. The van der Waals surface area contributed by atoms with Crippen LogP contribution in [-0.4, -0.2) is 33.1 Å². The number of halogens is 3. The van der Waals surface area contributed by atoms with Crippen molar-refractivity contribution in [3.05, 3.63) is 60.4 Å². The van der Waals surface area contributed by atoms with Crippen molar-refractivity contribution in [3.8, 4) is 34.8 Å². The number of anilines is 1. The van der Waals surface area contributed by atoms with Crippen molar-refractivity contribution >= 4 is 22.7 Å². The highest BCUT2D eigenvalue weighted by molar-refractivity contribution is 5.96. The first kappa shape index (κ1) is 27.4. The summed E-state index contributed by atoms with van der Waals surface area (Å²) in [7, 11) is 0. The number of nitrogens with zero attached hydrogens (tertiary/aromatic N) is 4. The molecule has 42 heavy (non-hydrogen) atoms. The number of hydrogen-bond acceptors (Lipinski definition) is 7. The molecule has 2 aliphatic carbocycles. The molecule has 1 atom stereocenters. The minimum absolute atomic E-state index is 0.0245. The number of nitrogens with one attached hydrogen (secondary N) is 1. The molecule has 0 spiro atoms. The monoisotopic (exact) mass is 577 g/mol. The molecule has 0 aliphatic heterocycles. The van der Waals surface area contributed by atoms with Gasteiger partial charge in [-0.3, -0.25) is 5.32 Å². The lowest BCUT2D eigenvalue weighted by Crippen LogP contribution is -2.23. The number of hydrogen-bond donors (Lipinski definition) is 1. The predicted octanol–water partition coefficient (Wildman–Crippen LogP) is 7.73. The topological polar surface area (TPSA) is 111 Å². The Labute approximate surface area is 238 Å². The third kappa shape index (κ3) is 5.68. The number of carbonyl (C=O) groups excluding carboxylic acids is 1. The zero-order valence-electron chi connectivity index (χ0n) is 22.5. The maximum atomic E-state index is 13.5. The molecule has 0 bridgehead atoms. The van der Waals surface area contributed by atoms with Gasteiger partial charge in [0.05, 0.1) is 22.5 Å². The zero-order chi connectivity index (χ0) is 29.4. The van der Waals surface area contributed by atoms with Crippen LogP contribution in [0.5, 0.6) is 17.5 Å². The number of amides is 1. The minimum Gasteiger partial charge on any atom is -0.446 e. The molecule has 2 heterocycles. The number of fused-ring (bicyclic) bond motifs is 1. The van der Waals surface area contributed by atoms with E-state index in [1.54, 1.807) is 49.6 Å².